The molecule has 2 N–H and O–H groups in total. The van der Waals surface area contributed by atoms with Gasteiger partial charge in [-0.25, -0.2) is 0 Å². The van der Waals surface area contributed by atoms with Crippen molar-refractivity contribution in [1.82, 2.24) is 4.98 Å². The van der Waals surface area contributed by atoms with Crippen molar-refractivity contribution in [3.05, 3.63) is 78.1 Å². The molecule has 1 aromatic heterocycles. The Kier molecular flexibility index (Phi) is 6.97. The number of amides is 2. The van der Waals surface area contributed by atoms with Crippen molar-refractivity contribution in [1.29, 1.82) is 0 Å². The Morgan fingerprint density at radius 1 is 1.00 bits per heavy atom. The fourth-order valence-electron chi connectivity index (χ4n) is 3.40. The minimum Gasteiger partial charge on any atom is -0.494 e. The van der Waals surface area contributed by atoms with Crippen LogP contribution in [0.4, 0.5) is 11.4 Å². The number of anilines is 2. The second-order valence-electron chi connectivity index (χ2n) is 7.50. The van der Waals surface area contributed by atoms with E-state index in [1.807, 2.05) is 54.6 Å². The van der Waals surface area contributed by atoms with Crippen LogP contribution in [0.1, 0.15) is 30.5 Å². The summed E-state index contributed by atoms with van der Waals surface area (Å²) >= 11 is 0. The standard InChI is InChI=1S/C25H25N3O4/c29-24(8-4-14-31-22-10-11-23-18(15-22)9-12-25(30)28-23)27-19-6-3-7-21(16-19)32-17-20-5-1-2-13-26-20/h1-3,5-7,10-11,13,15-16H,4,8-9,12,14,17H2,(H,27,29)(H,28,30). The molecule has 0 saturated carbocycles. The fourth-order valence-corrected chi connectivity index (χ4v) is 3.40. The molecule has 0 bridgehead atoms. The number of aromatic nitrogens is 1. The third-order valence-corrected chi connectivity index (χ3v) is 5.02. The van der Waals surface area contributed by atoms with E-state index in [1.165, 1.54) is 0 Å². The number of carbonyl (C=O) groups is 2. The maximum Gasteiger partial charge on any atom is 0.224 e. The Bertz CT molecular complexity index is 1090. The van der Waals surface area contributed by atoms with Gasteiger partial charge in [-0.3, -0.25) is 14.6 Å². The lowest BCUT2D eigenvalue weighted by Gasteiger charge is -2.17. The van der Waals surface area contributed by atoms with Crippen LogP contribution in [0, 0.1) is 0 Å². The predicted molar refractivity (Wildman–Crippen MR) is 122 cm³/mol. The first kappa shape index (κ1) is 21.4. The summed E-state index contributed by atoms with van der Waals surface area (Å²) in [4.78, 5) is 27.9. The number of rotatable bonds is 9. The second kappa shape index (κ2) is 10.4. The summed E-state index contributed by atoms with van der Waals surface area (Å²) in [5, 5.41) is 5.75. The number of benzene rings is 2. The van der Waals surface area contributed by atoms with E-state index in [4.69, 9.17) is 9.47 Å². The van der Waals surface area contributed by atoms with Crippen molar-refractivity contribution < 1.29 is 19.1 Å². The summed E-state index contributed by atoms with van der Waals surface area (Å²) < 4.78 is 11.5. The number of carbonyl (C=O) groups excluding carboxylic acids is 2. The molecule has 2 heterocycles. The summed E-state index contributed by atoms with van der Waals surface area (Å²) in [6.45, 7) is 0.802. The highest BCUT2D eigenvalue weighted by atomic mass is 16.5. The Balaban J connectivity index is 1.19. The number of hydrogen-bond donors (Lipinski definition) is 2. The maximum atomic E-state index is 12.3. The molecule has 0 aliphatic carbocycles. The minimum absolute atomic E-state index is 0.0440. The molecule has 4 rings (SSSR count). The van der Waals surface area contributed by atoms with Gasteiger partial charge in [-0.15, -0.1) is 0 Å². The highest BCUT2D eigenvalue weighted by Crippen LogP contribution is 2.27. The molecule has 2 amide bonds. The van der Waals surface area contributed by atoms with Crippen LogP contribution in [0.5, 0.6) is 11.5 Å². The lowest BCUT2D eigenvalue weighted by molar-refractivity contribution is -0.117. The average Bonchev–Trinajstić information content (AvgIpc) is 2.81. The zero-order chi connectivity index (χ0) is 22.2. The van der Waals surface area contributed by atoms with Crippen LogP contribution in [-0.4, -0.2) is 23.4 Å². The summed E-state index contributed by atoms with van der Waals surface area (Å²) in [6, 6.07) is 18.6. The Labute approximate surface area is 186 Å². The lowest BCUT2D eigenvalue weighted by atomic mass is 10.0. The zero-order valence-corrected chi connectivity index (χ0v) is 17.7. The van der Waals surface area contributed by atoms with Crippen LogP contribution in [0.15, 0.2) is 66.9 Å². The van der Waals surface area contributed by atoms with Gasteiger partial charge in [0.05, 0.1) is 12.3 Å². The number of aryl methyl sites for hydroxylation is 1. The van der Waals surface area contributed by atoms with Crippen molar-refractivity contribution in [3.63, 3.8) is 0 Å². The van der Waals surface area contributed by atoms with E-state index in [2.05, 4.69) is 15.6 Å². The van der Waals surface area contributed by atoms with Crippen LogP contribution in [-0.2, 0) is 22.6 Å². The van der Waals surface area contributed by atoms with Crippen molar-refractivity contribution in [2.45, 2.75) is 32.3 Å². The van der Waals surface area contributed by atoms with E-state index in [0.717, 1.165) is 22.7 Å². The SMILES string of the molecule is O=C(CCCOc1ccc2c(c1)CCC(=O)N2)Nc1cccc(OCc2ccccn2)c1. The van der Waals surface area contributed by atoms with Gasteiger partial charge in [0, 0.05) is 36.5 Å². The first-order chi connectivity index (χ1) is 15.7. The smallest absolute Gasteiger partial charge is 0.224 e. The number of nitrogens with zero attached hydrogens (tertiary/aromatic N) is 1. The number of pyridine rings is 1. The molecule has 32 heavy (non-hydrogen) atoms. The second-order valence-corrected chi connectivity index (χ2v) is 7.50. The number of fused-ring (bicyclic) bond motifs is 1. The van der Waals surface area contributed by atoms with E-state index in [9.17, 15) is 9.59 Å². The third kappa shape index (κ3) is 6.07. The first-order valence-electron chi connectivity index (χ1n) is 10.6. The molecular formula is C25H25N3O4. The van der Waals surface area contributed by atoms with Crippen LogP contribution < -0.4 is 20.1 Å². The number of hydrogen-bond acceptors (Lipinski definition) is 5. The van der Waals surface area contributed by atoms with Crippen molar-refractivity contribution in [2.24, 2.45) is 0 Å². The maximum absolute atomic E-state index is 12.3. The Hall–Kier alpha value is -3.87. The molecule has 164 valence electrons. The minimum atomic E-state index is -0.0800. The Morgan fingerprint density at radius 3 is 2.78 bits per heavy atom. The normalized spacial score (nSPS) is 12.4. The van der Waals surface area contributed by atoms with Gasteiger partial charge in [0.1, 0.15) is 18.1 Å². The van der Waals surface area contributed by atoms with E-state index >= 15 is 0 Å². The Morgan fingerprint density at radius 2 is 1.91 bits per heavy atom. The molecule has 0 radical (unpaired) electrons. The fraction of sp³-hybridized carbons (Fsp3) is 0.240. The molecule has 0 fully saturated rings. The summed E-state index contributed by atoms with van der Waals surface area (Å²) in [5.74, 6) is 1.38. The van der Waals surface area contributed by atoms with Gasteiger partial charge in [-0.1, -0.05) is 12.1 Å². The molecule has 3 aromatic rings. The van der Waals surface area contributed by atoms with Crippen molar-refractivity contribution >= 4 is 23.2 Å². The zero-order valence-electron chi connectivity index (χ0n) is 17.7. The topological polar surface area (TPSA) is 89.6 Å². The van der Waals surface area contributed by atoms with Crippen LogP contribution >= 0.6 is 0 Å². The van der Waals surface area contributed by atoms with Gasteiger partial charge in [-0.2, -0.15) is 0 Å². The van der Waals surface area contributed by atoms with E-state index in [-0.39, 0.29) is 11.8 Å². The molecule has 0 spiro atoms. The van der Waals surface area contributed by atoms with Gasteiger partial charge in [0.15, 0.2) is 0 Å². The average molecular weight is 431 g/mol. The summed E-state index contributed by atoms with van der Waals surface area (Å²) in [5.41, 5.74) is 3.45. The van der Waals surface area contributed by atoms with Crippen LogP contribution in [0.2, 0.25) is 0 Å². The first-order valence-corrected chi connectivity index (χ1v) is 10.6. The van der Waals surface area contributed by atoms with E-state index < -0.39 is 0 Å². The van der Waals surface area contributed by atoms with Gasteiger partial charge in [0.2, 0.25) is 11.8 Å². The number of ether oxygens (including phenoxy) is 2. The molecule has 2 aromatic carbocycles. The van der Waals surface area contributed by atoms with Gasteiger partial charge < -0.3 is 20.1 Å². The van der Waals surface area contributed by atoms with Gasteiger partial charge in [0.25, 0.3) is 0 Å². The highest BCUT2D eigenvalue weighted by Gasteiger charge is 2.15. The lowest BCUT2D eigenvalue weighted by Crippen LogP contribution is -2.18. The molecule has 0 atom stereocenters. The summed E-state index contributed by atoms with van der Waals surface area (Å²) in [6.07, 6.45) is 3.87. The van der Waals surface area contributed by atoms with Crippen LogP contribution in [0.3, 0.4) is 0 Å². The molecule has 7 heteroatoms. The van der Waals surface area contributed by atoms with E-state index in [0.29, 0.717) is 50.3 Å². The quantitative estimate of drug-likeness (QED) is 0.492. The molecule has 1 aliphatic heterocycles. The molecule has 0 saturated heterocycles. The number of nitrogens with one attached hydrogen (secondary N) is 2. The molecule has 0 unspecified atom stereocenters. The molecule has 7 nitrogen and oxygen atoms in total. The van der Waals surface area contributed by atoms with Gasteiger partial charge >= 0.3 is 0 Å². The van der Waals surface area contributed by atoms with Crippen molar-refractivity contribution in [3.8, 4) is 11.5 Å². The monoisotopic (exact) mass is 431 g/mol. The van der Waals surface area contributed by atoms with Gasteiger partial charge in [-0.05, 0) is 60.9 Å². The third-order valence-electron chi connectivity index (χ3n) is 5.02. The predicted octanol–water partition coefficient (Wildman–Crippen LogP) is 4.34. The molecular weight excluding hydrogens is 406 g/mol. The van der Waals surface area contributed by atoms with Crippen molar-refractivity contribution in [2.75, 3.05) is 17.2 Å². The van der Waals surface area contributed by atoms with Crippen LogP contribution in [0.25, 0.3) is 0 Å². The highest BCUT2D eigenvalue weighted by molar-refractivity contribution is 5.94. The largest absolute Gasteiger partial charge is 0.494 e. The van der Waals surface area contributed by atoms with E-state index in [1.54, 1.807) is 12.3 Å². The summed E-state index contributed by atoms with van der Waals surface area (Å²) in [7, 11) is 0. The molecule has 1 aliphatic rings.